The lowest BCUT2D eigenvalue weighted by Crippen LogP contribution is -2.65. The van der Waals surface area contributed by atoms with E-state index >= 15 is 0 Å². The maximum Gasteiger partial charge on any atom is 0.407 e. The smallest absolute Gasteiger partial charge is 0.407 e. The van der Waals surface area contributed by atoms with E-state index in [1.807, 2.05) is 0 Å². The van der Waals surface area contributed by atoms with Crippen molar-refractivity contribution in [1.82, 2.24) is 10.2 Å². The Hall–Kier alpha value is -0.810. The quantitative estimate of drug-likeness (QED) is 0.489. The number of nitrogens with zero attached hydrogens (tertiary/aromatic N) is 1. The van der Waals surface area contributed by atoms with Gasteiger partial charge in [0.05, 0.1) is 19.8 Å². The highest BCUT2D eigenvalue weighted by molar-refractivity contribution is 5.66. The van der Waals surface area contributed by atoms with Gasteiger partial charge >= 0.3 is 6.09 Å². The third kappa shape index (κ3) is 0.965. The molecule has 2 aliphatic rings. The van der Waals surface area contributed by atoms with E-state index in [4.69, 9.17) is 9.84 Å². The zero-order valence-electron chi connectivity index (χ0n) is 6.04. The number of amides is 1. The SMILES string of the molecule is O=C(O)N1CC2(CNCO2)C1. The van der Waals surface area contributed by atoms with Crippen molar-refractivity contribution in [1.29, 1.82) is 0 Å². The van der Waals surface area contributed by atoms with Crippen LogP contribution in [0.15, 0.2) is 0 Å². The fourth-order valence-electron chi connectivity index (χ4n) is 1.52. The minimum absolute atomic E-state index is 0.196. The van der Waals surface area contributed by atoms with Gasteiger partial charge in [-0.2, -0.15) is 0 Å². The first kappa shape index (κ1) is 6.87. The summed E-state index contributed by atoms with van der Waals surface area (Å²) in [6.45, 7) is 2.34. The number of rotatable bonds is 0. The van der Waals surface area contributed by atoms with Gasteiger partial charge in [0.2, 0.25) is 0 Å². The van der Waals surface area contributed by atoms with Crippen LogP contribution in [0, 0.1) is 0 Å². The molecule has 1 amide bonds. The lowest BCUT2D eigenvalue weighted by molar-refractivity contribution is -0.0912. The minimum atomic E-state index is -0.855. The van der Waals surface area contributed by atoms with E-state index in [0.717, 1.165) is 6.54 Å². The highest BCUT2D eigenvalue weighted by Gasteiger charge is 2.48. The summed E-state index contributed by atoms with van der Waals surface area (Å²) in [4.78, 5) is 11.7. The van der Waals surface area contributed by atoms with Crippen molar-refractivity contribution in [3.05, 3.63) is 0 Å². The van der Waals surface area contributed by atoms with E-state index in [1.165, 1.54) is 4.90 Å². The van der Waals surface area contributed by atoms with E-state index in [-0.39, 0.29) is 5.60 Å². The molecule has 1 spiro atoms. The fraction of sp³-hybridized carbons (Fsp3) is 0.833. The molecule has 0 aromatic heterocycles. The molecule has 2 N–H and O–H groups in total. The predicted molar refractivity (Wildman–Crippen MR) is 36.3 cm³/mol. The molecule has 2 heterocycles. The minimum Gasteiger partial charge on any atom is -0.465 e. The van der Waals surface area contributed by atoms with Gasteiger partial charge in [-0.1, -0.05) is 0 Å². The highest BCUT2D eigenvalue weighted by Crippen LogP contribution is 2.26. The second-order valence-corrected chi connectivity index (χ2v) is 3.04. The molecule has 5 heteroatoms. The van der Waals surface area contributed by atoms with E-state index in [2.05, 4.69) is 5.32 Å². The topological polar surface area (TPSA) is 61.8 Å². The maximum atomic E-state index is 10.4. The summed E-state index contributed by atoms with van der Waals surface area (Å²) < 4.78 is 5.34. The monoisotopic (exact) mass is 158 g/mol. The molecule has 0 radical (unpaired) electrons. The Morgan fingerprint density at radius 2 is 2.36 bits per heavy atom. The Labute approximate surface area is 63.9 Å². The molecule has 5 nitrogen and oxygen atoms in total. The molecular formula is C6H10N2O3. The Morgan fingerprint density at radius 1 is 1.64 bits per heavy atom. The molecule has 0 bridgehead atoms. The second-order valence-electron chi connectivity index (χ2n) is 3.04. The Bertz CT molecular complexity index is 180. The normalized spacial score (nSPS) is 27.1. The summed E-state index contributed by atoms with van der Waals surface area (Å²) in [7, 11) is 0. The number of hydrogen-bond acceptors (Lipinski definition) is 3. The largest absolute Gasteiger partial charge is 0.465 e. The van der Waals surface area contributed by atoms with Crippen LogP contribution >= 0.6 is 0 Å². The summed E-state index contributed by atoms with van der Waals surface area (Å²) >= 11 is 0. The third-order valence-electron chi connectivity index (χ3n) is 2.16. The Morgan fingerprint density at radius 3 is 2.82 bits per heavy atom. The lowest BCUT2D eigenvalue weighted by atomic mass is 9.95. The highest BCUT2D eigenvalue weighted by atomic mass is 16.5. The van der Waals surface area contributed by atoms with Crippen molar-refractivity contribution in [3.63, 3.8) is 0 Å². The van der Waals surface area contributed by atoms with Gasteiger partial charge in [0.15, 0.2) is 0 Å². The van der Waals surface area contributed by atoms with Crippen LogP contribution in [0.2, 0.25) is 0 Å². The summed E-state index contributed by atoms with van der Waals surface area (Å²) in [5.74, 6) is 0. The van der Waals surface area contributed by atoms with Crippen molar-refractivity contribution in [2.75, 3.05) is 26.4 Å². The van der Waals surface area contributed by atoms with Crippen molar-refractivity contribution in [2.45, 2.75) is 5.60 Å². The van der Waals surface area contributed by atoms with Crippen molar-refractivity contribution in [3.8, 4) is 0 Å². The molecule has 11 heavy (non-hydrogen) atoms. The van der Waals surface area contributed by atoms with Crippen LogP contribution in [0.25, 0.3) is 0 Å². The molecule has 0 aromatic carbocycles. The van der Waals surface area contributed by atoms with Gasteiger partial charge in [-0.3, -0.25) is 5.32 Å². The van der Waals surface area contributed by atoms with Gasteiger partial charge in [0.1, 0.15) is 5.60 Å². The Balaban J connectivity index is 1.91. The average molecular weight is 158 g/mol. The lowest BCUT2D eigenvalue weighted by Gasteiger charge is -2.44. The van der Waals surface area contributed by atoms with Gasteiger partial charge < -0.3 is 14.7 Å². The number of hydrogen-bond donors (Lipinski definition) is 2. The van der Waals surface area contributed by atoms with Gasteiger partial charge in [-0.25, -0.2) is 4.79 Å². The molecule has 2 fully saturated rings. The van der Waals surface area contributed by atoms with Crippen LogP contribution in [0.3, 0.4) is 0 Å². The zero-order valence-corrected chi connectivity index (χ0v) is 6.04. The first-order chi connectivity index (χ1) is 5.22. The van der Waals surface area contributed by atoms with Crippen LogP contribution in [0.5, 0.6) is 0 Å². The predicted octanol–water partition coefficient (Wildman–Crippen LogP) is -0.704. The maximum absolute atomic E-state index is 10.4. The molecule has 62 valence electrons. The third-order valence-corrected chi connectivity index (χ3v) is 2.16. The van der Waals surface area contributed by atoms with Gasteiger partial charge in [0.25, 0.3) is 0 Å². The first-order valence-corrected chi connectivity index (χ1v) is 3.54. The van der Waals surface area contributed by atoms with E-state index in [9.17, 15) is 4.79 Å². The molecule has 2 aliphatic heterocycles. The summed E-state index contributed by atoms with van der Waals surface area (Å²) in [6.07, 6.45) is -0.855. The van der Waals surface area contributed by atoms with Crippen LogP contribution in [-0.4, -0.2) is 48.1 Å². The Kier molecular flexibility index (Phi) is 1.30. The van der Waals surface area contributed by atoms with Crippen LogP contribution in [-0.2, 0) is 4.74 Å². The van der Waals surface area contributed by atoms with Crippen LogP contribution < -0.4 is 5.32 Å². The number of carbonyl (C=O) groups is 1. The van der Waals surface area contributed by atoms with E-state index in [1.54, 1.807) is 0 Å². The molecule has 0 atom stereocenters. The first-order valence-electron chi connectivity index (χ1n) is 3.54. The molecule has 2 rings (SSSR count). The van der Waals surface area contributed by atoms with Crippen molar-refractivity contribution < 1.29 is 14.6 Å². The van der Waals surface area contributed by atoms with E-state index < -0.39 is 6.09 Å². The zero-order chi connectivity index (χ0) is 7.90. The number of ether oxygens (including phenoxy) is 1. The molecule has 0 aromatic rings. The van der Waals surface area contributed by atoms with Crippen molar-refractivity contribution >= 4 is 6.09 Å². The molecular weight excluding hydrogens is 148 g/mol. The summed E-state index contributed by atoms with van der Waals surface area (Å²) in [5.41, 5.74) is -0.196. The number of likely N-dealkylation sites (tertiary alicyclic amines) is 1. The standard InChI is InChI=1S/C6H10N2O3/c9-5(10)8-2-6(3-8)1-7-4-11-6/h7H,1-4H2,(H,9,10). The van der Waals surface area contributed by atoms with Crippen LogP contribution in [0.4, 0.5) is 4.79 Å². The number of nitrogens with one attached hydrogen (secondary N) is 1. The van der Waals surface area contributed by atoms with Gasteiger partial charge in [-0.15, -0.1) is 0 Å². The van der Waals surface area contributed by atoms with Crippen molar-refractivity contribution in [2.24, 2.45) is 0 Å². The average Bonchev–Trinajstić information content (AvgIpc) is 2.29. The molecule has 0 unspecified atom stereocenters. The van der Waals surface area contributed by atoms with E-state index in [0.29, 0.717) is 19.8 Å². The number of carboxylic acid groups (broad SMARTS) is 1. The second kappa shape index (κ2) is 2.09. The molecule has 0 aliphatic carbocycles. The van der Waals surface area contributed by atoms with Crippen LogP contribution in [0.1, 0.15) is 0 Å². The molecule has 2 saturated heterocycles. The molecule has 0 saturated carbocycles. The summed E-state index contributed by atoms with van der Waals surface area (Å²) in [5, 5.41) is 11.6. The fourth-order valence-corrected chi connectivity index (χ4v) is 1.52. The van der Waals surface area contributed by atoms with Gasteiger partial charge in [-0.05, 0) is 0 Å². The summed E-state index contributed by atoms with van der Waals surface area (Å²) in [6, 6.07) is 0. The van der Waals surface area contributed by atoms with Gasteiger partial charge in [0, 0.05) is 6.54 Å².